The van der Waals surface area contributed by atoms with Crippen molar-refractivity contribution in [1.82, 2.24) is 5.43 Å². The molecule has 0 bridgehead atoms. The molecule has 0 amide bonds. The Balaban J connectivity index is 1.71. The minimum Gasteiger partial charge on any atom is -0.422 e. The molecule has 3 aromatic rings. The van der Waals surface area contributed by atoms with Crippen molar-refractivity contribution in [2.75, 3.05) is 0 Å². The Morgan fingerprint density at radius 3 is 3.00 bits per heavy atom. The summed E-state index contributed by atoms with van der Waals surface area (Å²) in [5.41, 5.74) is 4.67. The smallest absolute Gasteiger partial charge is 0.345 e. The highest BCUT2D eigenvalue weighted by Gasteiger charge is 2.24. The van der Waals surface area contributed by atoms with Crippen LogP contribution >= 0.6 is 11.3 Å². The Kier molecular flexibility index (Phi) is 2.86. The second-order valence-electron chi connectivity index (χ2n) is 4.95. The van der Waals surface area contributed by atoms with Gasteiger partial charge in [0.15, 0.2) is 0 Å². The largest absolute Gasteiger partial charge is 0.422 e. The highest BCUT2D eigenvalue weighted by molar-refractivity contribution is 7.10. The maximum absolute atomic E-state index is 12.1. The molecule has 104 valence electrons. The first-order valence-corrected chi connectivity index (χ1v) is 7.58. The SMILES string of the molecule is O=c1oc2ccccc2cc1C1=NN[C@H](c2cccs2)C1. The molecule has 0 fully saturated rings. The zero-order valence-corrected chi connectivity index (χ0v) is 11.9. The number of benzene rings is 1. The lowest BCUT2D eigenvalue weighted by atomic mass is 10.0. The van der Waals surface area contributed by atoms with Crippen LogP contribution in [0.25, 0.3) is 11.0 Å². The number of hydrazone groups is 1. The van der Waals surface area contributed by atoms with Gasteiger partial charge in [-0.05, 0) is 23.6 Å². The van der Waals surface area contributed by atoms with Crippen molar-refractivity contribution in [1.29, 1.82) is 0 Å². The molecule has 2 aromatic heterocycles. The van der Waals surface area contributed by atoms with Crippen LogP contribution in [0.2, 0.25) is 0 Å². The number of para-hydroxylation sites is 1. The third-order valence-corrected chi connectivity index (χ3v) is 4.58. The fourth-order valence-electron chi connectivity index (χ4n) is 2.53. The van der Waals surface area contributed by atoms with Gasteiger partial charge in [-0.15, -0.1) is 11.3 Å². The van der Waals surface area contributed by atoms with Crippen LogP contribution in [-0.4, -0.2) is 5.71 Å². The molecule has 1 aliphatic rings. The molecule has 3 heterocycles. The van der Waals surface area contributed by atoms with E-state index in [0.29, 0.717) is 17.6 Å². The molecule has 0 saturated carbocycles. The fraction of sp³-hybridized carbons (Fsp3) is 0.125. The van der Waals surface area contributed by atoms with E-state index in [0.717, 1.165) is 11.1 Å². The predicted molar refractivity (Wildman–Crippen MR) is 83.8 cm³/mol. The quantitative estimate of drug-likeness (QED) is 0.738. The van der Waals surface area contributed by atoms with Crippen LogP contribution in [0.3, 0.4) is 0 Å². The normalized spacial score (nSPS) is 17.7. The summed E-state index contributed by atoms with van der Waals surface area (Å²) in [5, 5.41) is 7.28. The number of nitrogens with zero attached hydrogens (tertiary/aromatic N) is 1. The van der Waals surface area contributed by atoms with Crippen LogP contribution in [-0.2, 0) is 0 Å². The molecule has 4 rings (SSSR count). The maximum Gasteiger partial charge on any atom is 0.345 e. The highest BCUT2D eigenvalue weighted by atomic mass is 32.1. The van der Waals surface area contributed by atoms with Gasteiger partial charge >= 0.3 is 5.63 Å². The molecule has 1 aliphatic heterocycles. The molecule has 0 saturated heterocycles. The Morgan fingerprint density at radius 2 is 2.14 bits per heavy atom. The lowest BCUT2D eigenvalue weighted by Gasteiger charge is -2.06. The van der Waals surface area contributed by atoms with Gasteiger partial charge in [0.2, 0.25) is 0 Å². The second kappa shape index (κ2) is 4.86. The molecule has 0 spiro atoms. The topological polar surface area (TPSA) is 54.6 Å². The van der Waals surface area contributed by atoms with E-state index >= 15 is 0 Å². The zero-order valence-electron chi connectivity index (χ0n) is 11.1. The lowest BCUT2D eigenvalue weighted by Crippen LogP contribution is -2.13. The average molecular weight is 296 g/mol. The first kappa shape index (κ1) is 12.3. The molecule has 0 aliphatic carbocycles. The van der Waals surface area contributed by atoms with Crippen molar-refractivity contribution in [3.63, 3.8) is 0 Å². The monoisotopic (exact) mass is 296 g/mol. The van der Waals surface area contributed by atoms with Crippen LogP contribution < -0.4 is 11.1 Å². The van der Waals surface area contributed by atoms with E-state index in [1.807, 2.05) is 35.7 Å². The van der Waals surface area contributed by atoms with E-state index in [-0.39, 0.29) is 11.7 Å². The van der Waals surface area contributed by atoms with Crippen LogP contribution in [0.15, 0.2) is 62.2 Å². The first-order valence-electron chi connectivity index (χ1n) is 6.70. The van der Waals surface area contributed by atoms with Crippen molar-refractivity contribution >= 4 is 28.0 Å². The van der Waals surface area contributed by atoms with Gasteiger partial charge in [0.05, 0.1) is 17.3 Å². The first-order chi connectivity index (χ1) is 10.3. The van der Waals surface area contributed by atoms with Crippen molar-refractivity contribution in [2.24, 2.45) is 5.10 Å². The molecule has 1 aromatic carbocycles. The van der Waals surface area contributed by atoms with Crippen molar-refractivity contribution < 1.29 is 4.42 Å². The van der Waals surface area contributed by atoms with Gasteiger partial charge in [-0.3, -0.25) is 0 Å². The predicted octanol–water partition coefficient (Wildman–Crippen LogP) is 3.29. The molecular weight excluding hydrogens is 284 g/mol. The molecule has 1 atom stereocenters. The Labute approximate surface area is 124 Å². The molecule has 0 radical (unpaired) electrons. The molecule has 5 heteroatoms. The molecule has 0 unspecified atom stereocenters. The Morgan fingerprint density at radius 1 is 1.24 bits per heavy atom. The number of nitrogens with one attached hydrogen (secondary N) is 1. The van der Waals surface area contributed by atoms with E-state index in [4.69, 9.17) is 4.42 Å². The van der Waals surface area contributed by atoms with Gasteiger partial charge < -0.3 is 9.84 Å². The minimum absolute atomic E-state index is 0.144. The van der Waals surface area contributed by atoms with Gasteiger partial charge in [0.1, 0.15) is 5.58 Å². The van der Waals surface area contributed by atoms with E-state index in [1.54, 1.807) is 17.4 Å². The zero-order chi connectivity index (χ0) is 14.2. The Hall–Kier alpha value is -2.40. The van der Waals surface area contributed by atoms with Crippen molar-refractivity contribution in [3.05, 3.63) is 68.7 Å². The van der Waals surface area contributed by atoms with E-state index < -0.39 is 0 Å². The highest BCUT2D eigenvalue weighted by Crippen LogP contribution is 2.27. The van der Waals surface area contributed by atoms with Crippen LogP contribution in [0.4, 0.5) is 0 Å². The van der Waals surface area contributed by atoms with E-state index in [1.165, 1.54) is 4.88 Å². The number of hydrogen-bond acceptors (Lipinski definition) is 5. The van der Waals surface area contributed by atoms with Gasteiger partial charge in [-0.25, -0.2) is 4.79 Å². The van der Waals surface area contributed by atoms with Gasteiger partial charge in [0, 0.05) is 16.7 Å². The summed E-state index contributed by atoms with van der Waals surface area (Å²) in [6, 6.07) is 13.6. The third-order valence-electron chi connectivity index (χ3n) is 3.59. The maximum atomic E-state index is 12.1. The molecular formula is C16H12N2O2S. The van der Waals surface area contributed by atoms with Crippen LogP contribution in [0, 0.1) is 0 Å². The standard InChI is InChI=1S/C16H12N2O2S/c19-16-11(8-10-4-1-2-5-14(10)20-16)12-9-13(18-17-12)15-6-3-7-21-15/h1-8,13,18H,9H2/t13-/m0/s1. The molecule has 1 N–H and O–H groups in total. The minimum atomic E-state index is -0.332. The summed E-state index contributed by atoms with van der Waals surface area (Å²) in [6.07, 6.45) is 0.698. The van der Waals surface area contributed by atoms with E-state index in [9.17, 15) is 4.79 Å². The summed E-state index contributed by atoms with van der Waals surface area (Å²) >= 11 is 1.69. The van der Waals surface area contributed by atoms with Crippen molar-refractivity contribution in [2.45, 2.75) is 12.5 Å². The number of fused-ring (bicyclic) bond motifs is 1. The number of thiophene rings is 1. The Bertz CT molecular complexity index is 881. The summed E-state index contributed by atoms with van der Waals surface area (Å²) in [6.45, 7) is 0. The van der Waals surface area contributed by atoms with Crippen LogP contribution in [0.5, 0.6) is 0 Å². The summed E-state index contributed by atoms with van der Waals surface area (Å²) in [7, 11) is 0. The van der Waals surface area contributed by atoms with Gasteiger partial charge in [-0.1, -0.05) is 24.3 Å². The second-order valence-corrected chi connectivity index (χ2v) is 5.92. The third kappa shape index (κ3) is 2.15. The summed E-state index contributed by atoms with van der Waals surface area (Å²) < 4.78 is 5.37. The van der Waals surface area contributed by atoms with Crippen LogP contribution in [0.1, 0.15) is 22.9 Å². The average Bonchev–Trinajstić information content (AvgIpc) is 3.17. The lowest BCUT2D eigenvalue weighted by molar-refractivity contribution is 0.559. The molecule has 4 nitrogen and oxygen atoms in total. The van der Waals surface area contributed by atoms with E-state index in [2.05, 4.69) is 16.6 Å². The summed E-state index contributed by atoms with van der Waals surface area (Å²) in [4.78, 5) is 13.4. The van der Waals surface area contributed by atoms with Gasteiger partial charge in [0.25, 0.3) is 0 Å². The summed E-state index contributed by atoms with van der Waals surface area (Å²) in [5.74, 6) is 0. The molecule has 21 heavy (non-hydrogen) atoms. The fourth-order valence-corrected chi connectivity index (χ4v) is 3.30. The van der Waals surface area contributed by atoms with Crippen molar-refractivity contribution in [3.8, 4) is 0 Å². The number of rotatable bonds is 2. The number of hydrogen-bond donors (Lipinski definition) is 1. The van der Waals surface area contributed by atoms with Gasteiger partial charge in [-0.2, -0.15) is 5.10 Å².